The molecule has 0 spiro atoms. The summed E-state index contributed by atoms with van der Waals surface area (Å²) >= 11 is 0. The van der Waals surface area contributed by atoms with Crippen molar-refractivity contribution in [3.8, 4) is 22.9 Å². The number of rotatable bonds is 7. The van der Waals surface area contributed by atoms with E-state index in [1.54, 1.807) is 37.2 Å². The third kappa shape index (κ3) is 8.27. The lowest BCUT2D eigenvalue weighted by Crippen LogP contribution is -2.37. The molecule has 8 aromatic rings. The first-order valence-corrected chi connectivity index (χ1v) is 18.0. The van der Waals surface area contributed by atoms with Gasteiger partial charge in [0, 0.05) is 74.2 Å². The molecule has 1 amide bonds. The van der Waals surface area contributed by atoms with Crippen LogP contribution < -0.4 is 20.9 Å². The minimum atomic E-state index is -1.09. The van der Waals surface area contributed by atoms with Crippen LogP contribution in [-0.4, -0.2) is 104 Å². The first kappa shape index (κ1) is 36.4. The van der Waals surface area contributed by atoms with Gasteiger partial charge in [-0.3, -0.25) is 13.6 Å². The van der Waals surface area contributed by atoms with Gasteiger partial charge in [-0.05, 0) is 37.1 Å². The lowest BCUT2D eigenvalue weighted by Gasteiger charge is -2.17. The van der Waals surface area contributed by atoms with Crippen molar-refractivity contribution in [2.24, 2.45) is 5.73 Å². The zero-order valence-electron chi connectivity index (χ0n) is 30.3. The summed E-state index contributed by atoms with van der Waals surface area (Å²) in [6, 6.07) is 18.9. The van der Waals surface area contributed by atoms with E-state index in [0.717, 1.165) is 67.1 Å². The van der Waals surface area contributed by atoms with Gasteiger partial charge in [0.1, 0.15) is 25.2 Å². The van der Waals surface area contributed by atoms with Crippen LogP contribution in [0.5, 0.6) is 0 Å². The highest BCUT2D eigenvalue weighted by Crippen LogP contribution is 2.23. The second kappa shape index (κ2) is 16.4. The Morgan fingerprint density at radius 2 is 1.25 bits per heavy atom. The van der Waals surface area contributed by atoms with Gasteiger partial charge in [0.2, 0.25) is 23.1 Å². The number of amides is 1. The Kier molecular flexibility index (Phi) is 10.5. The number of aromatic nitrogens is 10. The minimum Gasteiger partial charge on any atom is -0.476 e. The van der Waals surface area contributed by atoms with E-state index >= 15 is 0 Å². The molecule has 0 saturated carbocycles. The Hall–Kier alpha value is -7.54. The first-order chi connectivity index (χ1) is 27.9. The molecule has 2 saturated heterocycles. The molecule has 2 fully saturated rings. The number of carboxylic acids is 1. The predicted molar refractivity (Wildman–Crippen MR) is 205 cm³/mol. The maximum absolute atomic E-state index is 12.6. The summed E-state index contributed by atoms with van der Waals surface area (Å²) in [5.41, 5.74) is 9.17. The predicted octanol–water partition coefficient (Wildman–Crippen LogP) is 3.49. The van der Waals surface area contributed by atoms with E-state index in [1.165, 1.54) is 6.26 Å². The van der Waals surface area contributed by atoms with Gasteiger partial charge >= 0.3 is 5.97 Å². The fraction of sp³-hybridized carbons (Fsp3) is 0.211. The number of carboxylic acid groups (broad SMARTS) is 1. The van der Waals surface area contributed by atoms with Gasteiger partial charge < -0.3 is 34.8 Å². The summed E-state index contributed by atoms with van der Waals surface area (Å²) < 4.78 is 14.2. The highest BCUT2D eigenvalue weighted by molar-refractivity contribution is 5.92. The summed E-state index contributed by atoms with van der Waals surface area (Å²) in [5, 5.41) is 27.6. The molecule has 2 atom stereocenters. The van der Waals surface area contributed by atoms with E-state index in [0.29, 0.717) is 24.0 Å². The maximum Gasteiger partial charge on any atom is 0.357 e. The molecule has 288 valence electrons. The normalized spacial score (nSPS) is 16.2. The number of anilines is 2. The van der Waals surface area contributed by atoms with Gasteiger partial charge in [0.05, 0.1) is 0 Å². The van der Waals surface area contributed by atoms with Crippen LogP contribution in [-0.2, 0) is 0 Å². The molecule has 10 rings (SSSR count). The largest absolute Gasteiger partial charge is 0.476 e. The van der Waals surface area contributed by atoms with Gasteiger partial charge in [-0.25, -0.2) is 24.7 Å². The van der Waals surface area contributed by atoms with E-state index in [-0.39, 0.29) is 29.4 Å². The van der Waals surface area contributed by atoms with Gasteiger partial charge in [0.25, 0.3) is 5.91 Å². The maximum atomic E-state index is 12.6. The molecule has 57 heavy (non-hydrogen) atoms. The summed E-state index contributed by atoms with van der Waals surface area (Å²) in [7, 11) is 0. The van der Waals surface area contributed by atoms with Crippen LogP contribution in [0, 0.1) is 0 Å². The zero-order valence-corrected chi connectivity index (χ0v) is 30.3. The van der Waals surface area contributed by atoms with Crippen molar-refractivity contribution in [2.45, 2.75) is 24.9 Å². The molecule has 4 N–H and O–H groups in total. The lowest BCUT2D eigenvalue weighted by molar-refractivity contribution is 0.0690. The molecule has 2 aliphatic rings. The summed E-state index contributed by atoms with van der Waals surface area (Å²) in [6.07, 6.45) is 14.8. The fourth-order valence-electron chi connectivity index (χ4n) is 6.42. The number of nitrogens with one attached hydrogen (secondary N) is 1. The molecular weight excluding hydrogens is 733 g/mol. The number of benzene rings is 2. The molecule has 19 heteroatoms. The third-order valence-corrected chi connectivity index (χ3v) is 9.24. The summed E-state index contributed by atoms with van der Waals surface area (Å²) in [5.74, 6) is 1.07. The van der Waals surface area contributed by atoms with Gasteiger partial charge in [0.15, 0.2) is 23.0 Å². The number of aromatic carboxylic acids is 1. The number of nitrogens with zero attached hydrogens (tertiary/aromatic N) is 12. The van der Waals surface area contributed by atoms with Gasteiger partial charge in [-0.2, -0.15) is 0 Å². The SMILES string of the molecule is N[C@H]1CCN(c2nccn3cnnc23)C1.O=C(N[C@H]1CCN(c2nccn3cnnc23)C1)c1coc(-c2ccccc2)n1.O=C(O)c1coc(-c2ccccc2)n1. The number of hydrogen-bond acceptors (Lipinski definition) is 15. The molecular formula is C38H36N14O5. The van der Waals surface area contributed by atoms with Crippen LogP contribution in [0.1, 0.15) is 33.8 Å². The Bertz CT molecular complexity index is 2590. The number of fused-ring (bicyclic) bond motifs is 2. The van der Waals surface area contributed by atoms with E-state index in [9.17, 15) is 9.59 Å². The number of hydrogen-bond donors (Lipinski definition) is 3. The monoisotopic (exact) mass is 768 g/mol. The average molecular weight is 769 g/mol. The highest BCUT2D eigenvalue weighted by atomic mass is 16.4. The Morgan fingerprint density at radius 1 is 0.719 bits per heavy atom. The molecule has 2 aromatic carbocycles. The van der Waals surface area contributed by atoms with E-state index in [4.69, 9.17) is 19.7 Å². The smallest absolute Gasteiger partial charge is 0.357 e. The highest BCUT2D eigenvalue weighted by Gasteiger charge is 2.28. The topological polar surface area (TPSA) is 237 Å². The Balaban J connectivity index is 0.000000132. The third-order valence-electron chi connectivity index (χ3n) is 9.24. The minimum absolute atomic E-state index is 0.00523. The number of carbonyl (C=O) groups excluding carboxylic acids is 1. The van der Waals surface area contributed by atoms with Crippen LogP contribution >= 0.6 is 0 Å². The van der Waals surface area contributed by atoms with Crippen LogP contribution in [0.4, 0.5) is 11.6 Å². The average Bonchev–Trinajstić information content (AvgIpc) is 4.10. The molecule has 0 radical (unpaired) electrons. The van der Waals surface area contributed by atoms with Crippen LogP contribution in [0.3, 0.4) is 0 Å². The van der Waals surface area contributed by atoms with Crippen molar-refractivity contribution in [3.63, 3.8) is 0 Å². The van der Waals surface area contributed by atoms with Crippen molar-refractivity contribution in [2.75, 3.05) is 36.0 Å². The van der Waals surface area contributed by atoms with Crippen LogP contribution in [0.2, 0.25) is 0 Å². The summed E-state index contributed by atoms with van der Waals surface area (Å²) in [4.78, 5) is 44.3. The summed E-state index contributed by atoms with van der Waals surface area (Å²) in [6.45, 7) is 3.22. The van der Waals surface area contributed by atoms with Crippen LogP contribution in [0.15, 0.2) is 119 Å². The lowest BCUT2D eigenvalue weighted by atomic mass is 10.2. The standard InChI is InChI=1S/C19H17N7O2.C10H7NO3.C9H12N6/c27-18(15-11-28-19(23-15)13-4-2-1-3-5-13)22-14-6-8-25(10-14)16-17-24-21-12-26(17)9-7-20-16;12-10(13)8-6-14-9(11-8)7-4-2-1-3-5-7;10-7-1-3-14(5-7)8-9-13-12-6-15(9)4-2-11-8/h1-5,7,9,11-12,14H,6,8,10H2,(H,22,27);1-6H,(H,12,13);2,4,6-7H,1,3,5,10H2/t14-;;7-/m0.0/s1. The second-order valence-electron chi connectivity index (χ2n) is 13.1. The Morgan fingerprint density at radius 3 is 1.77 bits per heavy atom. The van der Waals surface area contributed by atoms with Gasteiger partial charge in [-0.1, -0.05) is 36.4 Å². The molecule has 8 heterocycles. The number of nitrogens with two attached hydrogens (primary N) is 1. The molecule has 0 aliphatic carbocycles. The molecule has 0 bridgehead atoms. The Labute approximate surface area is 323 Å². The van der Waals surface area contributed by atoms with E-state index < -0.39 is 5.97 Å². The van der Waals surface area contributed by atoms with Gasteiger partial charge in [-0.15, -0.1) is 20.4 Å². The van der Waals surface area contributed by atoms with E-state index in [2.05, 4.69) is 55.4 Å². The fourth-order valence-corrected chi connectivity index (χ4v) is 6.42. The molecule has 0 unspecified atom stereocenters. The quantitative estimate of drug-likeness (QED) is 0.210. The number of oxazole rings is 2. The zero-order chi connectivity index (χ0) is 39.1. The molecule has 6 aromatic heterocycles. The van der Waals surface area contributed by atoms with Crippen molar-refractivity contribution >= 4 is 34.8 Å². The van der Waals surface area contributed by atoms with Crippen molar-refractivity contribution in [1.29, 1.82) is 0 Å². The second-order valence-corrected chi connectivity index (χ2v) is 13.1. The van der Waals surface area contributed by atoms with Crippen LogP contribution in [0.25, 0.3) is 34.2 Å². The first-order valence-electron chi connectivity index (χ1n) is 18.0. The molecule has 19 nitrogen and oxygen atoms in total. The van der Waals surface area contributed by atoms with Crippen molar-refractivity contribution in [1.82, 2.24) is 54.4 Å². The van der Waals surface area contributed by atoms with Crippen molar-refractivity contribution in [3.05, 3.63) is 122 Å². The molecule has 2 aliphatic heterocycles. The van der Waals surface area contributed by atoms with E-state index in [1.807, 2.05) is 69.7 Å². The van der Waals surface area contributed by atoms with Crippen molar-refractivity contribution < 1.29 is 23.5 Å². The number of carbonyl (C=O) groups is 2.